The fourth-order valence-electron chi connectivity index (χ4n) is 4.57. The molecule has 0 radical (unpaired) electrons. The highest BCUT2D eigenvalue weighted by Gasteiger charge is 2.20. The maximum Gasteiger partial charge on any atom is 0.145 e. The first-order valence-corrected chi connectivity index (χ1v) is 11.9. The summed E-state index contributed by atoms with van der Waals surface area (Å²) in [6.07, 6.45) is 0.222. The van der Waals surface area contributed by atoms with Crippen LogP contribution in [0.2, 0.25) is 0 Å². The van der Waals surface area contributed by atoms with E-state index < -0.39 is 6.10 Å². The van der Waals surface area contributed by atoms with Crippen molar-refractivity contribution < 1.29 is 14.2 Å². The summed E-state index contributed by atoms with van der Waals surface area (Å²) in [6, 6.07) is 19.2. The molecule has 0 bridgehead atoms. The van der Waals surface area contributed by atoms with E-state index in [1.807, 2.05) is 38.1 Å². The zero-order valence-corrected chi connectivity index (χ0v) is 20.0. The van der Waals surface area contributed by atoms with Gasteiger partial charge in [-0.05, 0) is 72.9 Å². The Labute approximate surface area is 201 Å². The van der Waals surface area contributed by atoms with Crippen molar-refractivity contribution in [2.75, 3.05) is 50.0 Å². The van der Waals surface area contributed by atoms with Crippen LogP contribution in [-0.4, -0.2) is 55.4 Å². The summed E-state index contributed by atoms with van der Waals surface area (Å²) in [6.45, 7) is 8.38. The van der Waals surface area contributed by atoms with E-state index in [0.29, 0.717) is 18.0 Å². The molecule has 34 heavy (non-hydrogen) atoms. The summed E-state index contributed by atoms with van der Waals surface area (Å²) in [5.74, 6) is 0.460. The number of nitrogen functional groups attached to an aromatic ring is 1. The molecule has 5 nitrogen and oxygen atoms in total. The van der Waals surface area contributed by atoms with Crippen LogP contribution in [-0.2, 0) is 6.42 Å². The van der Waals surface area contributed by atoms with Crippen molar-refractivity contribution >= 4 is 11.4 Å². The number of benzene rings is 3. The van der Waals surface area contributed by atoms with Gasteiger partial charge in [0.1, 0.15) is 24.3 Å². The van der Waals surface area contributed by atoms with Crippen molar-refractivity contribution in [2.24, 2.45) is 0 Å². The van der Waals surface area contributed by atoms with Crippen LogP contribution in [0.5, 0.6) is 5.75 Å². The highest BCUT2D eigenvalue weighted by Crippen LogP contribution is 2.27. The first-order valence-electron chi connectivity index (χ1n) is 11.9. The normalized spacial score (nSPS) is 15.4. The van der Waals surface area contributed by atoms with Crippen molar-refractivity contribution in [2.45, 2.75) is 26.4 Å². The number of aliphatic hydroxyl groups excluding tert-OH is 1. The molecule has 0 aromatic heterocycles. The van der Waals surface area contributed by atoms with Crippen molar-refractivity contribution in [1.82, 2.24) is 4.90 Å². The first kappa shape index (κ1) is 24.0. The van der Waals surface area contributed by atoms with Gasteiger partial charge in [-0.2, -0.15) is 0 Å². The predicted molar refractivity (Wildman–Crippen MR) is 136 cm³/mol. The zero-order chi connectivity index (χ0) is 24.1. The standard InChI is InChI=1S/C28H34FN3O2/c1-20-15-21(2)28(27(30)16-20)34-19-26(33)18-31-11-13-32(14-12-31)25-9-5-23(6-10-25)17-22-3-7-24(29)8-4-22/h3-10,15-16,26,33H,11-14,17-19,30H2,1-2H3/t26-/m0/s1. The summed E-state index contributed by atoms with van der Waals surface area (Å²) in [5, 5.41) is 10.5. The second kappa shape index (κ2) is 10.9. The van der Waals surface area contributed by atoms with E-state index in [4.69, 9.17) is 10.5 Å². The number of aryl methyl sites for hydroxylation is 2. The molecule has 0 amide bonds. The van der Waals surface area contributed by atoms with Crippen LogP contribution in [0.1, 0.15) is 22.3 Å². The third-order valence-corrected chi connectivity index (χ3v) is 6.33. The van der Waals surface area contributed by atoms with Crippen molar-refractivity contribution in [3.05, 3.63) is 88.7 Å². The Bertz CT molecular complexity index is 1050. The molecule has 4 rings (SSSR count). The molecule has 1 aliphatic rings. The first-order chi connectivity index (χ1) is 16.4. The lowest BCUT2D eigenvalue weighted by Crippen LogP contribution is -2.49. The molecule has 1 atom stereocenters. The van der Waals surface area contributed by atoms with Crippen molar-refractivity contribution in [1.29, 1.82) is 0 Å². The molecule has 3 aromatic carbocycles. The molecular weight excluding hydrogens is 429 g/mol. The summed E-state index contributed by atoms with van der Waals surface area (Å²) in [7, 11) is 0. The van der Waals surface area contributed by atoms with Crippen LogP contribution in [0.3, 0.4) is 0 Å². The van der Waals surface area contributed by atoms with Gasteiger partial charge in [-0.15, -0.1) is 0 Å². The Kier molecular flexibility index (Phi) is 7.70. The topological polar surface area (TPSA) is 62.0 Å². The number of hydrogen-bond donors (Lipinski definition) is 2. The molecule has 3 N–H and O–H groups in total. The molecule has 1 saturated heterocycles. The Morgan fingerprint density at radius 1 is 0.941 bits per heavy atom. The lowest BCUT2D eigenvalue weighted by Gasteiger charge is -2.37. The second-order valence-electron chi connectivity index (χ2n) is 9.22. The number of piperazine rings is 1. The molecule has 3 aromatic rings. The van der Waals surface area contributed by atoms with Gasteiger partial charge in [0.2, 0.25) is 0 Å². The molecule has 1 heterocycles. The summed E-state index contributed by atoms with van der Waals surface area (Å²) in [5.41, 5.74) is 12.3. The van der Waals surface area contributed by atoms with Gasteiger partial charge in [0.05, 0.1) is 5.69 Å². The minimum absolute atomic E-state index is 0.204. The maximum atomic E-state index is 13.1. The second-order valence-corrected chi connectivity index (χ2v) is 9.22. The van der Waals surface area contributed by atoms with Crippen LogP contribution in [0.4, 0.5) is 15.8 Å². The highest BCUT2D eigenvalue weighted by molar-refractivity contribution is 5.58. The van der Waals surface area contributed by atoms with E-state index in [9.17, 15) is 9.50 Å². The molecule has 180 valence electrons. The van der Waals surface area contributed by atoms with Crippen LogP contribution in [0.25, 0.3) is 0 Å². The Morgan fingerprint density at radius 3 is 2.18 bits per heavy atom. The summed E-state index contributed by atoms with van der Waals surface area (Å²) >= 11 is 0. The third-order valence-electron chi connectivity index (χ3n) is 6.33. The number of halogens is 1. The number of aliphatic hydroxyl groups is 1. The minimum atomic E-state index is -0.572. The van der Waals surface area contributed by atoms with Crippen LogP contribution < -0.4 is 15.4 Å². The smallest absolute Gasteiger partial charge is 0.145 e. The average Bonchev–Trinajstić information content (AvgIpc) is 2.81. The average molecular weight is 464 g/mol. The minimum Gasteiger partial charge on any atom is -0.488 e. The molecule has 0 unspecified atom stereocenters. The fraction of sp³-hybridized carbons (Fsp3) is 0.357. The zero-order valence-electron chi connectivity index (χ0n) is 20.0. The highest BCUT2D eigenvalue weighted by atomic mass is 19.1. The van der Waals surface area contributed by atoms with Crippen molar-refractivity contribution in [3.8, 4) is 5.75 Å². The van der Waals surface area contributed by atoms with Gasteiger partial charge in [0.15, 0.2) is 0 Å². The molecule has 0 spiro atoms. The van der Waals surface area contributed by atoms with Crippen molar-refractivity contribution in [3.63, 3.8) is 0 Å². The van der Waals surface area contributed by atoms with Gasteiger partial charge < -0.3 is 20.5 Å². The summed E-state index contributed by atoms with van der Waals surface area (Å²) in [4.78, 5) is 4.65. The fourth-order valence-corrected chi connectivity index (χ4v) is 4.57. The van der Waals surface area contributed by atoms with Crippen LogP contribution in [0.15, 0.2) is 60.7 Å². The Morgan fingerprint density at radius 2 is 1.56 bits per heavy atom. The van der Waals surface area contributed by atoms with E-state index in [1.54, 1.807) is 0 Å². The number of rotatable bonds is 8. The van der Waals surface area contributed by atoms with Gasteiger partial charge >= 0.3 is 0 Å². The van der Waals surface area contributed by atoms with Gasteiger partial charge in [-0.25, -0.2) is 4.39 Å². The van der Waals surface area contributed by atoms with E-state index in [1.165, 1.54) is 23.4 Å². The molecule has 6 heteroatoms. The van der Waals surface area contributed by atoms with E-state index in [-0.39, 0.29) is 12.4 Å². The third kappa shape index (κ3) is 6.27. The number of nitrogens with zero attached hydrogens (tertiary/aromatic N) is 2. The van der Waals surface area contributed by atoms with Gasteiger partial charge in [0.25, 0.3) is 0 Å². The van der Waals surface area contributed by atoms with E-state index >= 15 is 0 Å². The Balaban J connectivity index is 1.22. The van der Waals surface area contributed by atoms with E-state index in [0.717, 1.165) is 49.3 Å². The maximum absolute atomic E-state index is 13.1. The van der Waals surface area contributed by atoms with Gasteiger partial charge in [-0.3, -0.25) is 4.90 Å². The number of β-amino-alcohol motifs (C(OH)–C–C–N with tert-alkyl or cyclic N) is 1. The molecule has 0 aliphatic carbocycles. The summed E-state index contributed by atoms with van der Waals surface area (Å²) < 4.78 is 18.9. The SMILES string of the molecule is Cc1cc(C)c(OC[C@@H](O)CN2CCN(c3ccc(Cc4ccc(F)cc4)cc3)CC2)c(N)c1. The van der Waals surface area contributed by atoms with Crippen LogP contribution >= 0.6 is 0 Å². The predicted octanol–water partition coefficient (Wildman–Crippen LogP) is 4.18. The monoisotopic (exact) mass is 463 g/mol. The number of hydrogen-bond acceptors (Lipinski definition) is 5. The number of ether oxygens (including phenoxy) is 1. The quantitative estimate of drug-likeness (QED) is 0.491. The molecule has 1 aliphatic heterocycles. The Hall–Kier alpha value is -3.09. The number of anilines is 2. The van der Waals surface area contributed by atoms with Crippen LogP contribution in [0, 0.1) is 19.7 Å². The van der Waals surface area contributed by atoms with E-state index in [2.05, 4.69) is 34.1 Å². The largest absolute Gasteiger partial charge is 0.488 e. The lowest BCUT2D eigenvalue weighted by atomic mass is 10.0. The number of nitrogens with two attached hydrogens (primary N) is 1. The van der Waals surface area contributed by atoms with Gasteiger partial charge in [0, 0.05) is 38.4 Å². The lowest BCUT2D eigenvalue weighted by molar-refractivity contribution is 0.0663. The molecular formula is C28H34FN3O2. The van der Waals surface area contributed by atoms with Gasteiger partial charge in [-0.1, -0.05) is 30.3 Å². The molecule has 0 saturated carbocycles. The molecule has 1 fully saturated rings.